The lowest BCUT2D eigenvalue weighted by atomic mass is 10.0. The lowest BCUT2D eigenvalue weighted by Gasteiger charge is -2.14. The van der Waals surface area contributed by atoms with Crippen molar-refractivity contribution in [1.82, 2.24) is 9.55 Å². The second-order valence-electron chi connectivity index (χ2n) is 4.04. The molecule has 0 aliphatic rings. The standard InChI is InChI=1S/C12H10F4N2O/c1-18-5-4-17-11(18)10(19)7-2-3-9(13)8(6-7)12(14,15)16/h2-6,10,19H,1H3. The number of aliphatic hydroxyl groups is 1. The lowest BCUT2D eigenvalue weighted by Crippen LogP contribution is -2.12. The Balaban J connectivity index is 2.44. The number of aryl methyl sites for hydroxylation is 1. The molecule has 1 aromatic heterocycles. The lowest BCUT2D eigenvalue weighted by molar-refractivity contribution is -0.140. The van der Waals surface area contributed by atoms with E-state index in [1.807, 2.05) is 0 Å². The summed E-state index contributed by atoms with van der Waals surface area (Å²) < 4.78 is 52.3. The van der Waals surface area contributed by atoms with Crippen molar-refractivity contribution in [3.8, 4) is 0 Å². The van der Waals surface area contributed by atoms with Crippen LogP contribution in [0.2, 0.25) is 0 Å². The van der Waals surface area contributed by atoms with E-state index >= 15 is 0 Å². The number of hydrogen-bond acceptors (Lipinski definition) is 2. The molecule has 3 nitrogen and oxygen atoms in total. The minimum atomic E-state index is -4.80. The SMILES string of the molecule is Cn1ccnc1C(O)c1ccc(F)c(C(F)(F)F)c1. The average Bonchev–Trinajstić information content (AvgIpc) is 2.73. The van der Waals surface area contributed by atoms with Gasteiger partial charge in [0.1, 0.15) is 17.7 Å². The van der Waals surface area contributed by atoms with Crippen molar-refractivity contribution in [2.45, 2.75) is 12.3 Å². The van der Waals surface area contributed by atoms with Gasteiger partial charge in [-0.3, -0.25) is 0 Å². The molecule has 2 rings (SSSR count). The van der Waals surface area contributed by atoms with Gasteiger partial charge in [0.15, 0.2) is 0 Å². The van der Waals surface area contributed by atoms with Gasteiger partial charge in [-0.2, -0.15) is 13.2 Å². The van der Waals surface area contributed by atoms with Crippen LogP contribution in [0.25, 0.3) is 0 Å². The van der Waals surface area contributed by atoms with Crippen molar-refractivity contribution < 1.29 is 22.7 Å². The largest absolute Gasteiger partial charge is 0.419 e. The summed E-state index contributed by atoms with van der Waals surface area (Å²) in [4.78, 5) is 3.84. The van der Waals surface area contributed by atoms with Gasteiger partial charge in [0.05, 0.1) is 5.56 Å². The zero-order valence-electron chi connectivity index (χ0n) is 9.82. The minimum Gasteiger partial charge on any atom is -0.380 e. The predicted octanol–water partition coefficient (Wildman–Crippen LogP) is 2.66. The summed E-state index contributed by atoms with van der Waals surface area (Å²) in [5, 5.41) is 9.97. The first-order chi connectivity index (χ1) is 8.80. The van der Waals surface area contributed by atoms with Crippen LogP contribution in [0, 0.1) is 5.82 Å². The van der Waals surface area contributed by atoms with Gasteiger partial charge in [0.2, 0.25) is 0 Å². The van der Waals surface area contributed by atoms with Crippen LogP contribution in [-0.2, 0) is 13.2 Å². The number of aromatic nitrogens is 2. The van der Waals surface area contributed by atoms with Gasteiger partial charge in [-0.25, -0.2) is 9.37 Å². The number of alkyl halides is 3. The molecular weight excluding hydrogens is 264 g/mol. The highest BCUT2D eigenvalue weighted by atomic mass is 19.4. The van der Waals surface area contributed by atoms with Crippen LogP contribution >= 0.6 is 0 Å². The average molecular weight is 274 g/mol. The molecule has 0 bridgehead atoms. The Morgan fingerprint density at radius 2 is 2.00 bits per heavy atom. The van der Waals surface area contributed by atoms with Crippen LogP contribution in [0.1, 0.15) is 23.1 Å². The van der Waals surface area contributed by atoms with Crippen LogP contribution in [0.5, 0.6) is 0 Å². The molecule has 2 aromatic rings. The van der Waals surface area contributed by atoms with Gasteiger partial charge in [-0.15, -0.1) is 0 Å². The first-order valence-corrected chi connectivity index (χ1v) is 5.32. The number of benzene rings is 1. The van der Waals surface area contributed by atoms with Crippen molar-refractivity contribution in [1.29, 1.82) is 0 Å². The Bertz CT molecular complexity index is 592. The maximum Gasteiger partial charge on any atom is 0.419 e. The molecule has 1 heterocycles. The summed E-state index contributed by atoms with van der Waals surface area (Å²) in [5.74, 6) is -1.19. The van der Waals surface area contributed by atoms with Crippen LogP contribution in [-0.4, -0.2) is 14.7 Å². The topological polar surface area (TPSA) is 38.0 Å². The van der Waals surface area contributed by atoms with Gasteiger partial charge in [0, 0.05) is 19.4 Å². The second-order valence-corrected chi connectivity index (χ2v) is 4.04. The Hall–Kier alpha value is -1.89. The maximum absolute atomic E-state index is 13.1. The summed E-state index contributed by atoms with van der Waals surface area (Å²) in [6.45, 7) is 0. The summed E-state index contributed by atoms with van der Waals surface area (Å²) in [5.41, 5.74) is -1.47. The third-order valence-electron chi connectivity index (χ3n) is 2.71. The van der Waals surface area contributed by atoms with E-state index in [9.17, 15) is 22.7 Å². The molecule has 0 amide bonds. The zero-order chi connectivity index (χ0) is 14.2. The highest BCUT2D eigenvalue weighted by Crippen LogP contribution is 2.33. The quantitative estimate of drug-likeness (QED) is 0.855. The predicted molar refractivity (Wildman–Crippen MR) is 58.7 cm³/mol. The zero-order valence-corrected chi connectivity index (χ0v) is 9.82. The molecule has 0 aliphatic carbocycles. The first kappa shape index (κ1) is 13.5. The number of imidazole rings is 1. The number of nitrogens with zero attached hydrogens (tertiary/aromatic N) is 2. The van der Waals surface area contributed by atoms with Crippen LogP contribution in [0.4, 0.5) is 17.6 Å². The molecule has 0 aliphatic heterocycles. The van der Waals surface area contributed by atoms with Gasteiger partial charge in [0.25, 0.3) is 0 Å². The third-order valence-corrected chi connectivity index (χ3v) is 2.71. The van der Waals surface area contributed by atoms with E-state index in [0.717, 1.165) is 6.07 Å². The number of hydrogen-bond donors (Lipinski definition) is 1. The molecule has 19 heavy (non-hydrogen) atoms. The van der Waals surface area contributed by atoms with E-state index in [1.54, 1.807) is 13.2 Å². The number of rotatable bonds is 2. The molecule has 0 saturated carbocycles. The molecule has 1 N–H and O–H groups in total. The smallest absolute Gasteiger partial charge is 0.380 e. The number of aliphatic hydroxyl groups excluding tert-OH is 1. The Morgan fingerprint density at radius 3 is 2.53 bits per heavy atom. The molecule has 102 valence electrons. The second kappa shape index (κ2) is 4.65. The van der Waals surface area contributed by atoms with Gasteiger partial charge in [-0.05, 0) is 17.7 Å². The molecule has 1 unspecified atom stereocenters. The van der Waals surface area contributed by atoms with Crippen LogP contribution < -0.4 is 0 Å². The van der Waals surface area contributed by atoms with Crippen LogP contribution in [0.15, 0.2) is 30.6 Å². The molecule has 1 atom stereocenters. The molecule has 0 saturated heterocycles. The van der Waals surface area contributed by atoms with Crippen molar-refractivity contribution in [2.75, 3.05) is 0 Å². The Labute approximate surface area is 106 Å². The fourth-order valence-corrected chi connectivity index (χ4v) is 1.72. The van der Waals surface area contributed by atoms with Crippen molar-refractivity contribution in [2.24, 2.45) is 7.05 Å². The molecule has 0 radical (unpaired) electrons. The van der Waals surface area contributed by atoms with E-state index in [4.69, 9.17) is 0 Å². The highest BCUT2D eigenvalue weighted by Gasteiger charge is 2.34. The Kier molecular flexibility index (Phi) is 3.32. The normalized spacial score (nSPS) is 13.6. The van der Waals surface area contributed by atoms with Crippen molar-refractivity contribution in [3.05, 3.63) is 53.4 Å². The van der Waals surface area contributed by atoms with Crippen LogP contribution in [0.3, 0.4) is 0 Å². The van der Waals surface area contributed by atoms with Crippen molar-refractivity contribution >= 4 is 0 Å². The molecule has 1 aromatic carbocycles. The number of halogens is 4. The summed E-state index contributed by atoms with van der Waals surface area (Å²) in [6.07, 6.45) is -3.19. The maximum atomic E-state index is 13.1. The van der Waals surface area contributed by atoms with Crippen molar-refractivity contribution in [3.63, 3.8) is 0 Å². The van der Waals surface area contributed by atoms with E-state index in [2.05, 4.69) is 4.98 Å². The highest BCUT2D eigenvalue weighted by molar-refractivity contribution is 5.31. The van der Waals surface area contributed by atoms with E-state index in [1.165, 1.54) is 10.8 Å². The monoisotopic (exact) mass is 274 g/mol. The fraction of sp³-hybridized carbons (Fsp3) is 0.250. The molecule has 0 fully saturated rings. The third kappa shape index (κ3) is 2.60. The van der Waals surface area contributed by atoms with E-state index in [0.29, 0.717) is 12.1 Å². The summed E-state index contributed by atoms with van der Waals surface area (Å²) in [6, 6.07) is 2.38. The first-order valence-electron chi connectivity index (χ1n) is 5.32. The Morgan fingerprint density at radius 1 is 1.32 bits per heavy atom. The van der Waals surface area contributed by atoms with E-state index in [-0.39, 0.29) is 11.4 Å². The summed E-state index contributed by atoms with van der Waals surface area (Å²) >= 11 is 0. The summed E-state index contributed by atoms with van der Waals surface area (Å²) in [7, 11) is 1.60. The molecule has 0 spiro atoms. The minimum absolute atomic E-state index is 0.0666. The van der Waals surface area contributed by atoms with Gasteiger partial charge in [-0.1, -0.05) is 6.07 Å². The van der Waals surface area contributed by atoms with E-state index < -0.39 is 23.7 Å². The molecular formula is C12H10F4N2O. The van der Waals surface area contributed by atoms with Gasteiger partial charge < -0.3 is 9.67 Å². The molecule has 7 heteroatoms. The van der Waals surface area contributed by atoms with Gasteiger partial charge >= 0.3 is 6.18 Å². The fourth-order valence-electron chi connectivity index (χ4n) is 1.72.